The van der Waals surface area contributed by atoms with Gasteiger partial charge in [-0.15, -0.1) is 0 Å². The van der Waals surface area contributed by atoms with Gasteiger partial charge in [-0.25, -0.2) is 4.39 Å². The van der Waals surface area contributed by atoms with Crippen molar-refractivity contribution >= 4 is 11.9 Å². The first-order chi connectivity index (χ1) is 9.47. The Labute approximate surface area is 114 Å². The van der Waals surface area contributed by atoms with Crippen LogP contribution in [0.2, 0.25) is 0 Å². The number of aliphatic carboxylic acids is 1. The number of furan rings is 1. The van der Waals surface area contributed by atoms with Gasteiger partial charge in [0.2, 0.25) is 0 Å². The van der Waals surface area contributed by atoms with Crippen molar-refractivity contribution in [2.24, 2.45) is 0 Å². The van der Waals surface area contributed by atoms with E-state index in [0.717, 1.165) is 0 Å². The predicted octanol–water partition coefficient (Wildman–Crippen LogP) is 2.29. The van der Waals surface area contributed by atoms with Crippen LogP contribution in [0.15, 0.2) is 40.8 Å². The minimum Gasteiger partial charge on any atom is -0.480 e. The van der Waals surface area contributed by atoms with Gasteiger partial charge in [0.25, 0.3) is 5.91 Å². The van der Waals surface area contributed by atoms with E-state index in [1.165, 1.54) is 37.3 Å². The number of nitrogens with one attached hydrogen (secondary N) is 1. The summed E-state index contributed by atoms with van der Waals surface area (Å²) >= 11 is 0. The van der Waals surface area contributed by atoms with Crippen molar-refractivity contribution in [3.63, 3.8) is 0 Å². The fourth-order valence-electron chi connectivity index (χ4n) is 1.59. The lowest BCUT2D eigenvalue weighted by Crippen LogP contribution is -2.38. The summed E-state index contributed by atoms with van der Waals surface area (Å²) in [6.45, 7) is 1.34. The number of hydrogen-bond acceptors (Lipinski definition) is 3. The fraction of sp³-hybridized carbons (Fsp3) is 0.143. The normalized spacial score (nSPS) is 11.9. The van der Waals surface area contributed by atoms with Crippen LogP contribution in [0.3, 0.4) is 0 Å². The number of benzene rings is 1. The minimum atomic E-state index is -1.14. The fourth-order valence-corrected chi connectivity index (χ4v) is 1.59. The Kier molecular flexibility index (Phi) is 3.84. The molecule has 1 heterocycles. The molecule has 1 amide bonds. The van der Waals surface area contributed by atoms with Crippen molar-refractivity contribution in [3.8, 4) is 11.3 Å². The lowest BCUT2D eigenvalue weighted by Gasteiger charge is -2.06. The number of halogens is 1. The molecule has 0 saturated heterocycles. The quantitative estimate of drug-likeness (QED) is 0.898. The van der Waals surface area contributed by atoms with Gasteiger partial charge in [0.05, 0.1) is 0 Å². The summed E-state index contributed by atoms with van der Waals surface area (Å²) < 4.78 is 18.4. The molecule has 1 aromatic carbocycles. The van der Waals surface area contributed by atoms with Crippen molar-refractivity contribution in [2.45, 2.75) is 13.0 Å². The van der Waals surface area contributed by atoms with Crippen LogP contribution in [0.1, 0.15) is 17.5 Å². The summed E-state index contributed by atoms with van der Waals surface area (Å²) in [5.74, 6) is -1.89. The Hall–Kier alpha value is -2.63. The molecule has 1 atom stereocenters. The summed E-state index contributed by atoms with van der Waals surface area (Å²) in [5, 5.41) is 11.0. The molecule has 1 aromatic heterocycles. The summed E-state index contributed by atoms with van der Waals surface area (Å²) in [5.41, 5.74) is 0.496. The topological polar surface area (TPSA) is 79.5 Å². The highest BCUT2D eigenvalue weighted by Gasteiger charge is 2.18. The molecular weight excluding hydrogens is 265 g/mol. The minimum absolute atomic E-state index is 0.0302. The molecule has 2 rings (SSSR count). The summed E-state index contributed by atoms with van der Waals surface area (Å²) in [4.78, 5) is 22.4. The van der Waals surface area contributed by atoms with Crippen LogP contribution in [-0.4, -0.2) is 23.0 Å². The Bertz CT molecular complexity index is 650. The number of hydrogen-bond donors (Lipinski definition) is 2. The van der Waals surface area contributed by atoms with Crippen LogP contribution in [0.4, 0.5) is 4.39 Å². The number of rotatable bonds is 4. The maximum absolute atomic E-state index is 13.1. The molecule has 0 aliphatic rings. The Morgan fingerprint density at radius 1 is 1.30 bits per heavy atom. The molecule has 0 fully saturated rings. The Balaban J connectivity index is 2.17. The largest absolute Gasteiger partial charge is 0.480 e. The first-order valence-electron chi connectivity index (χ1n) is 5.87. The third-order valence-corrected chi connectivity index (χ3v) is 2.66. The van der Waals surface area contributed by atoms with Crippen LogP contribution < -0.4 is 5.32 Å². The second kappa shape index (κ2) is 5.56. The van der Waals surface area contributed by atoms with Gasteiger partial charge in [-0.3, -0.25) is 9.59 Å². The molecule has 0 bridgehead atoms. The zero-order valence-corrected chi connectivity index (χ0v) is 10.6. The average Bonchev–Trinajstić information content (AvgIpc) is 2.88. The molecule has 0 aliphatic heterocycles. The van der Waals surface area contributed by atoms with Crippen molar-refractivity contribution in [1.29, 1.82) is 0 Å². The second-order valence-corrected chi connectivity index (χ2v) is 4.21. The maximum Gasteiger partial charge on any atom is 0.325 e. The highest BCUT2D eigenvalue weighted by atomic mass is 19.1. The van der Waals surface area contributed by atoms with Crippen molar-refractivity contribution in [2.75, 3.05) is 0 Å². The third kappa shape index (κ3) is 3.03. The molecule has 0 radical (unpaired) electrons. The van der Waals surface area contributed by atoms with Gasteiger partial charge >= 0.3 is 5.97 Å². The lowest BCUT2D eigenvalue weighted by molar-refractivity contribution is -0.138. The van der Waals surface area contributed by atoms with E-state index in [1.807, 2.05) is 0 Å². The van der Waals surface area contributed by atoms with Crippen LogP contribution in [0, 0.1) is 5.82 Å². The van der Waals surface area contributed by atoms with Crippen LogP contribution in [0.5, 0.6) is 0 Å². The number of carboxylic acids is 1. The summed E-state index contributed by atoms with van der Waals surface area (Å²) in [7, 11) is 0. The monoisotopic (exact) mass is 277 g/mol. The predicted molar refractivity (Wildman–Crippen MR) is 68.7 cm³/mol. The van der Waals surface area contributed by atoms with E-state index in [2.05, 4.69) is 5.32 Å². The number of carbonyl (C=O) groups excluding carboxylic acids is 1. The number of carboxylic acid groups (broad SMARTS) is 1. The van der Waals surface area contributed by atoms with E-state index in [4.69, 9.17) is 9.52 Å². The smallest absolute Gasteiger partial charge is 0.325 e. The van der Waals surface area contributed by atoms with Gasteiger partial charge in [0.1, 0.15) is 17.6 Å². The summed E-state index contributed by atoms with van der Waals surface area (Å²) in [6, 6.07) is 7.65. The zero-order valence-electron chi connectivity index (χ0n) is 10.6. The molecule has 0 aliphatic carbocycles. The van der Waals surface area contributed by atoms with E-state index < -0.39 is 23.7 Å². The first-order valence-corrected chi connectivity index (χ1v) is 5.87. The van der Waals surface area contributed by atoms with Crippen molar-refractivity contribution in [3.05, 3.63) is 48.0 Å². The van der Waals surface area contributed by atoms with E-state index in [-0.39, 0.29) is 5.76 Å². The Morgan fingerprint density at radius 3 is 2.70 bits per heavy atom. The SMILES string of the molecule is CC(NC(=O)c1ccc(-c2cccc(F)c2)o1)C(=O)O. The van der Waals surface area contributed by atoms with Gasteiger partial charge < -0.3 is 14.8 Å². The molecule has 6 heteroatoms. The van der Waals surface area contributed by atoms with Crippen LogP contribution in [0.25, 0.3) is 11.3 Å². The molecule has 5 nitrogen and oxygen atoms in total. The highest BCUT2D eigenvalue weighted by Crippen LogP contribution is 2.22. The second-order valence-electron chi connectivity index (χ2n) is 4.21. The van der Waals surface area contributed by atoms with Gasteiger partial charge in [-0.1, -0.05) is 12.1 Å². The van der Waals surface area contributed by atoms with Gasteiger partial charge in [0.15, 0.2) is 5.76 Å². The molecule has 104 valence electrons. The van der Waals surface area contributed by atoms with E-state index in [9.17, 15) is 14.0 Å². The van der Waals surface area contributed by atoms with Crippen molar-refractivity contribution < 1.29 is 23.5 Å². The van der Waals surface area contributed by atoms with Gasteiger partial charge in [-0.05, 0) is 31.2 Å². The Morgan fingerprint density at radius 2 is 2.05 bits per heavy atom. The first kappa shape index (κ1) is 13.8. The molecule has 0 saturated carbocycles. The molecule has 2 N–H and O–H groups in total. The standard InChI is InChI=1S/C14H12FNO4/c1-8(14(18)19)16-13(17)12-6-5-11(20-12)9-3-2-4-10(15)7-9/h2-8H,1H3,(H,16,17)(H,18,19). The average molecular weight is 277 g/mol. The number of carbonyl (C=O) groups is 2. The zero-order chi connectivity index (χ0) is 14.7. The molecule has 20 heavy (non-hydrogen) atoms. The van der Waals surface area contributed by atoms with E-state index >= 15 is 0 Å². The van der Waals surface area contributed by atoms with Gasteiger partial charge in [0, 0.05) is 5.56 Å². The molecule has 2 aromatic rings. The van der Waals surface area contributed by atoms with Gasteiger partial charge in [-0.2, -0.15) is 0 Å². The maximum atomic E-state index is 13.1. The highest BCUT2D eigenvalue weighted by molar-refractivity contribution is 5.94. The summed E-state index contributed by atoms with van der Waals surface area (Å²) in [6.07, 6.45) is 0. The van der Waals surface area contributed by atoms with Crippen LogP contribution >= 0.6 is 0 Å². The third-order valence-electron chi connectivity index (χ3n) is 2.66. The molecule has 1 unspecified atom stereocenters. The van der Waals surface area contributed by atoms with Crippen LogP contribution in [-0.2, 0) is 4.79 Å². The number of amides is 1. The molecule has 0 spiro atoms. The van der Waals surface area contributed by atoms with E-state index in [0.29, 0.717) is 11.3 Å². The molecular formula is C14H12FNO4. The lowest BCUT2D eigenvalue weighted by atomic mass is 10.2. The van der Waals surface area contributed by atoms with E-state index in [1.54, 1.807) is 6.07 Å². The van der Waals surface area contributed by atoms with Crippen molar-refractivity contribution in [1.82, 2.24) is 5.32 Å².